The lowest BCUT2D eigenvalue weighted by atomic mass is 10.2. The number of benzene rings is 1. The SMILES string of the molecule is CC(Sc1cc(F)ccc1N)C(=O)NC1CCCC1. The number of thioether (sulfide) groups is 1. The van der Waals surface area contributed by atoms with Gasteiger partial charge in [-0.3, -0.25) is 4.79 Å². The molecule has 1 unspecified atom stereocenters. The lowest BCUT2D eigenvalue weighted by molar-refractivity contribution is -0.120. The van der Waals surface area contributed by atoms with Gasteiger partial charge >= 0.3 is 0 Å². The van der Waals surface area contributed by atoms with Gasteiger partial charge in [0.1, 0.15) is 5.82 Å². The molecule has 0 aromatic heterocycles. The monoisotopic (exact) mass is 282 g/mol. The van der Waals surface area contributed by atoms with Gasteiger partial charge in [0, 0.05) is 16.6 Å². The highest BCUT2D eigenvalue weighted by Gasteiger charge is 2.21. The molecule has 5 heteroatoms. The molecule has 1 atom stereocenters. The smallest absolute Gasteiger partial charge is 0.233 e. The third kappa shape index (κ3) is 3.86. The molecule has 1 fully saturated rings. The van der Waals surface area contributed by atoms with E-state index in [2.05, 4.69) is 5.32 Å². The molecule has 0 saturated heterocycles. The van der Waals surface area contributed by atoms with Crippen LogP contribution >= 0.6 is 11.8 Å². The van der Waals surface area contributed by atoms with Crippen LogP contribution in [-0.2, 0) is 4.79 Å². The average Bonchev–Trinajstić information content (AvgIpc) is 2.86. The Labute approximate surface area is 117 Å². The molecule has 3 N–H and O–H groups in total. The largest absolute Gasteiger partial charge is 0.398 e. The zero-order valence-corrected chi connectivity index (χ0v) is 11.8. The number of nitrogens with one attached hydrogen (secondary N) is 1. The van der Waals surface area contributed by atoms with Crippen LogP contribution in [0.4, 0.5) is 10.1 Å². The van der Waals surface area contributed by atoms with Gasteiger partial charge in [0.2, 0.25) is 5.91 Å². The fourth-order valence-corrected chi connectivity index (χ4v) is 3.18. The third-order valence-electron chi connectivity index (χ3n) is 3.35. The molecule has 0 aliphatic heterocycles. The summed E-state index contributed by atoms with van der Waals surface area (Å²) < 4.78 is 13.2. The van der Waals surface area contributed by atoms with E-state index in [-0.39, 0.29) is 17.0 Å². The Hall–Kier alpha value is -1.23. The summed E-state index contributed by atoms with van der Waals surface area (Å²) in [5.74, 6) is -0.333. The maximum Gasteiger partial charge on any atom is 0.233 e. The number of carbonyl (C=O) groups is 1. The van der Waals surface area contributed by atoms with Gasteiger partial charge < -0.3 is 11.1 Å². The van der Waals surface area contributed by atoms with Crippen LogP contribution in [0.25, 0.3) is 0 Å². The van der Waals surface area contributed by atoms with Gasteiger partial charge in [-0.05, 0) is 38.0 Å². The number of halogens is 1. The molecular weight excluding hydrogens is 263 g/mol. The summed E-state index contributed by atoms with van der Waals surface area (Å²) in [6, 6.07) is 4.53. The summed E-state index contributed by atoms with van der Waals surface area (Å²) >= 11 is 1.30. The molecule has 1 amide bonds. The Morgan fingerprint density at radius 1 is 1.47 bits per heavy atom. The van der Waals surface area contributed by atoms with Gasteiger partial charge in [-0.15, -0.1) is 11.8 Å². The summed E-state index contributed by atoms with van der Waals surface area (Å²) in [5.41, 5.74) is 6.29. The Morgan fingerprint density at radius 2 is 2.16 bits per heavy atom. The van der Waals surface area contributed by atoms with Crippen molar-refractivity contribution in [2.45, 2.75) is 48.8 Å². The normalized spacial score (nSPS) is 17.4. The Kier molecular flexibility index (Phi) is 4.69. The van der Waals surface area contributed by atoms with E-state index in [0.717, 1.165) is 12.8 Å². The van der Waals surface area contributed by atoms with E-state index in [0.29, 0.717) is 16.6 Å². The molecule has 0 heterocycles. The molecule has 1 aromatic carbocycles. The third-order valence-corrected chi connectivity index (χ3v) is 4.53. The number of anilines is 1. The summed E-state index contributed by atoms with van der Waals surface area (Å²) in [6.07, 6.45) is 4.49. The van der Waals surface area contributed by atoms with Crippen LogP contribution in [0.2, 0.25) is 0 Å². The maximum atomic E-state index is 13.2. The number of carbonyl (C=O) groups excluding carboxylic acids is 1. The van der Waals surface area contributed by atoms with Crippen molar-refractivity contribution in [1.29, 1.82) is 0 Å². The predicted molar refractivity (Wildman–Crippen MR) is 76.5 cm³/mol. The van der Waals surface area contributed by atoms with E-state index < -0.39 is 0 Å². The first-order valence-electron chi connectivity index (χ1n) is 6.58. The van der Waals surface area contributed by atoms with Gasteiger partial charge in [-0.25, -0.2) is 4.39 Å². The lowest BCUT2D eigenvalue weighted by Crippen LogP contribution is -2.37. The van der Waals surface area contributed by atoms with E-state index in [1.807, 2.05) is 6.92 Å². The van der Waals surface area contributed by atoms with Crippen LogP contribution in [0, 0.1) is 5.82 Å². The zero-order chi connectivity index (χ0) is 13.8. The van der Waals surface area contributed by atoms with Crippen LogP contribution in [0.15, 0.2) is 23.1 Å². The molecule has 0 spiro atoms. The van der Waals surface area contributed by atoms with Crippen molar-refractivity contribution in [2.24, 2.45) is 0 Å². The molecule has 104 valence electrons. The first-order chi connectivity index (χ1) is 9.06. The second-order valence-corrected chi connectivity index (χ2v) is 6.31. The summed E-state index contributed by atoms with van der Waals surface area (Å²) in [6.45, 7) is 1.82. The Balaban J connectivity index is 1.93. The molecule has 19 heavy (non-hydrogen) atoms. The average molecular weight is 282 g/mol. The fraction of sp³-hybridized carbons (Fsp3) is 0.500. The molecule has 2 rings (SSSR count). The first kappa shape index (κ1) is 14.2. The summed E-state index contributed by atoms with van der Waals surface area (Å²) in [5, 5.41) is 2.77. The van der Waals surface area contributed by atoms with Crippen LogP contribution in [0.1, 0.15) is 32.6 Å². The zero-order valence-electron chi connectivity index (χ0n) is 11.0. The van der Waals surface area contributed by atoms with Crippen LogP contribution in [-0.4, -0.2) is 17.2 Å². The highest BCUT2D eigenvalue weighted by molar-refractivity contribution is 8.00. The maximum absolute atomic E-state index is 13.2. The van der Waals surface area contributed by atoms with Crippen molar-refractivity contribution in [3.63, 3.8) is 0 Å². The molecule has 0 bridgehead atoms. The van der Waals surface area contributed by atoms with Gasteiger partial charge in [0.15, 0.2) is 0 Å². The topological polar surface area (TPSA) is 55.1 Å². The standard InChI is InChI=1S/C14H19FN2OS/c1-9(14(18)17-11-4-2-3-5-11)19-13-8-10(15)6-7-12(13)16/h6-9,11H,2-5,16H2,1H3,(H,17,18). The molecule has 0 radical (unpaired) electrons. The van der Waals surface area contributed by atoms with Crippen molar-refractivity contribution in [1.82, 2.24) is 5.32 Å². The fourth-order valence-electron chi connectivity index (χ4n) is 2.24. The van der Waals surface area contributed by atoms with E-state index in [9.17, 15) is 9.18 Å². The van der Waals surface area contributed by atoms with Crippen LogP contribution in [0.5, 0.6) is 0 Å². The van der Waals surface area contributed by atoms with Crippen LogP contribution < -0.4 is 11.1 Å². The highest BCUT2D eigenvalue weighted by Crippen LogP contribution is 2.29. The van der Waals surface area contributed by atoms with Crippen molar-refractivity contribution in [3.05, 3.63) is 24.0 Å². The predicted octanol–water partition coefficient (Wildman–Crippen LogP) is 2.95. The number of nitrogens with two attached hydrogens (primary N) is 1. The molecule has 1 aliphatic rings. The van der Waals surface area contributed by atoms with Crippen molar-refractivity contribution < 1.29 is 9.18 Å². The Morgan fingerprint density at radius 3 is 2.84 bits per heavy atom. The molecular formula is C14H19FN2OS. The first-order valence-corrected chi connectivity index (χ1v) is 7.46. The van der Waals surface area contributed by atoms with Gasteiger partial charge in [0.05, 0.1) is 5.25 Å². The van der Waals surface area contributed by atoms with Gasteiger partial charge in [-0.1, -0.05) is 12.8 Å². The minimum atomic E-state index is -0.333. The van der Waals surface area contributed by atoms with Crippen LogP contribution in [0.3, 0.4) is 0 Å². The minimum absolute atomic E-state index is 0.000520. The van der Waals surface area contributed by atoms with E-state index in [4.69, 9.17) is 5.73 Å². The molecule has 3 nitrogen and oxygen atoms in total. The second-order valence-electron chi connectivity index (χ2n) is 4.93. The van der Waals surface area contributed by atoms with Crippen molar-refractivity contribution in [3.8, 4) is 0 Å². The number of hydrogen-bond donors (Lipinski definition) is 2. The summed E-state index contributed by atoms with van der Waals surface area (Å²) in [4.78, 5) is 12.7. The van der Waals surface area contributed by atoms with E-state index >= 15 is 0 Å². The second kappa shape index (κ2) is 6.28. The van der Waals surface area contributed by atoms with E-state index in [1.54, 1.807) is 0 Å². The molecule has 1 aliphatic carbocycles. The van der Waals surface area contributed by atoms with Gasteiger partial charge in [0.25, 0.3) is 0 Å². The van der Waals surface area contributed by atoms with Gasteiger partial charge in [-0.2, -0.15) is 0 Å². The summed E-state index contributed by atoms with van der Waals surface area (Å²) in [7, 11) is 0. The number of hydrogen-bond acceptors (Lipinski definition) is 3. The minimum Gasteiger partial charge on any atom is -0.398 e. The lowest BCUT2D eigenvalue weighted by Gasteiger charge is -2.17. The molecule has 1 saturated carbocycles. The van der Waals surface area contributed by atoms with Crippen molar-refractivity contribution in [2.75, 3.05) is 5.73 Å². The van der Waals surface area contributed by atoms with E-state index in [1.165, 1.54) is 42.8 Å². The van der Waals surface area contributed by atoms with Crippen molar-refractivity contribution >= 4 is 23.4 Å². The number of amides is 1. The highest BCUT2D eigenvalue weighted by atomic mass is 32.2. The Bertz CT molecular complexity index is 461. The number of rotatable bonds is 4. The quantitative estimate of drug-likeness (QED) is 0.659. The molecule has 1 aromatic rings. The number of nitrogen functional groups attached to an aromatic ring is 1.